The van der Waals surface area contributed by atoms with E-state index in [-0.39, 0.29) is 17.7 Å². The van der Waals surface area contributed by atoms with Crippen molar-refractivity contribution >= 4 is 5.97 Å². The van der Waals surface area contributed by atoms with E-state index < -0.39 is 54.6 Å². The Morgan fingerprint density at radius 1 is 1.06 bits per heavy atom. The van der Waals surface area contributed by atoms with Crippen molar-refractivity contribution in [3.8, 4) is 11.5 Å². The standard InChI is InChI=1S/C24H34O9/c1-3-5-6-7-8-9-10-11-14-12-15(26)18(20(28)17(14)24(31)32-4-2)23-22(30)21(29)19(27)16(13-25)33-23/h6-9,12,16,19,21-23,25-30H,3-5,10-11,13H2,1-2H3/b7-6+,9-8+/t16-,19-,21+,22-,23+/m1/s1. The summed E-state index contributed by atoms with van der Waals surface area (Å²) >= 11 is 0. The summed E-state index contributed by atoms with van der Waals surface area (Å²) in [6.07, 6.45) is 2.76. The van der Waals surface area contributed by atoms with E-state index in [9.17, 15) is 35.4 Å². The molecule has 0 bridgehead atoms. The lowest BCUT2D eigenvalue weighted by Crippen LogP contribution is -2.55. The van der Waals surface area contributed by atoms with Gasteiger partial charge in [-0.2, -0.15) is 0 Å². The van der Waals surface area contributed by atoms with Crippen LogP contribution in [0.5, 0.6) is 11.5 Å². The Morgan fingerprint density at radius 3 is 2.33 bits per heavy atom. The number of esters is 1. The fourth-order valence-corrected chi connectivity index (χ4v) is 3.73. The van der Waals surface area contributed by atoms with E-state index in [0.717, 1.165) is 12.8 Å². The fourth-order valence-electron chi connectivity index (χ4n) is 3.73. The Balaban J connectivity index is 2.42. The van der Waals surface area contributed by atoms with E-state index in [1.54, 1.807) is 6.92 Å². The number of rotatable bonds is 10. The number of aryl methyl sites for hydroxylation is 1. The first-order valence-electron chi connectivity index (χ1n) is 11.1. The van der Waals surface area contributed by atoms with Crippen molar-refractivity contribution in [2.75, 3.05) is 13.2 Å². The molecule has 0 unspecified atom stereocenters. The van der Waals surface area contributed by atoms with Gasteiger partial charge >= 0.3 is 5.97 Å². The van der Waals surface area contributed by atoms with Gasteiger partial charge in [0.1, 0.15) is 47.6 Å². The highest BCUT2D eigenvalue weighted by Gasteiger charge is 2.46. The molecular formula is C24H34O9. The number of hydrogen-bond donors (Lipinski definition) is 6. The minimum Gasteiger partial charge on any atom is -0.507 e. The van der Waals surface area contributed by atoms with Crippen LogP contribution in [-0.4, -0.2) is 74.2 Å². The van der Waals surface area contributed by atoms with E-state index in [0.29, 0.717) is 18.4 Å². The van der Waals surface area contributed by atoms with Gasteiger partial charge < -0.3 is 40.1 Å². The minimum absolute atomic E-state index is 0.0517. The normalized spacial score (nSPS) is 25.7. The number of allylic oxidation sites excluding steroid dienone is 4. The van der Waals surface area contributed by atoms with Gasteiger partial charge in [-0.1, -0.05) is 37.6 Å². The van der Waals surface area contributed by atoms with Crippen molar-refractivity contribution in [3.63, 3.8) is 0 Å². The molecule has 1 aromatic carbocycles. The molecule has 1 saturated heterocycles. The molecule has 1 heterocycles. The molecule has 0 aliphatic carbocycles. The quantitative estimate of drug-likeness (QED) is 0.223. The van der Waals surface area contributed by atoms with Gasteiger partial charge in [0.25, 0.3) is 0 Å². The van der Waals surface area contributed by atoms with Gasteiger partial charge in [0.05, 0.1) is 18.8 Å². The predicted molar refractivity (Wildman–Crippen MR) is 120 cm³/mol. The predicted octanol–water partition coefficient (Wildman–Crippen LogP) is 1.63. The molecule has 0 aromatic heterocycles. The number of aliphatic hydroxyl groups excluding tert-OH is 4. The lowest BCUT2D eigenvalue weighted by Gasteiger charge is -2.40. The highest BCUT2D eigenvalue weighted by Crippen LogP contribution is 2.44. The summed E-state index contributed by atoms with van der Waals surface area (Å²) in [7, 11) is 0. The van der Waals surface area contributed by atoms with Gasteiger partial charge in [0.15, 0.2) is 0 Å². The Labute approximate surface area is 193 Å². The molecule has 0 radical (unpaired) electrons. The molecule has 0 amide bonds. The van der Waals surface area contributed by atoms with E-state index in [2.05, 4.69) is 6.92 Å². The number of carbonyl (C=O) groups excluding carboxylic acids is 1. The minimum atomic E-state index is -1.74. The second kappa shape index (κ2) is 12.7. The van der Waals surface area contributed by atoms with Gasteiger partial charge in [-0.3, -0.25) is 0 Å². The summed E-state index contributed by atoms with van der Waals surface area (Å²) < 4.78 is 10.5. The van der Waals surface area contributed by atoms with Gasteiger partial charge in [0, 0.05) is 0 Å². The van der Waals surface area contributed by atoms with Crippen molar-refractivity contribution in [1.82, 2.24) is 0 Å². The van der Waals surface area contributed by atoms with Crippen molar-refractivity contribution < 1.29 is 44.9 Å². The second-order valence-corrected chi connectivity index (χ2v) is 7.85. The van der Waals surface area contributed by atoms with Crippen LogP contribution in [0.4, 0.5) is 0 Å². The molecule has 184 valence electrons. The average molecular weight is 467 g/mol. The second-order valence-electron chi connectivity index (χ2n) is 7.85. The molecular weight excluding hydrogens is 432 g/mol. The topological polar surface area (TPSA) is 157 Å². The summed E-state index contributed by atoms with van der Waals surface area (Å²) in [6.45, 7) is 3.07. The summed E-state index contributed by atoms with van der Waals surface area (Å²) in [6, 6.07) is 1.28. The number of phenolic OH excluding ortho intramolecular Hbond substituents is 2. The van der Waals surface area contributed by atoms with Crippen molar-refractivity contribution in [3.05, 3.63) is 47.1 Å². The van der Waals surface area contributed by atoms with Crippen LogP contribution in [0.15, 0.2) is 30.4 Å². The van der Waals surface area contributed by atoms with Crippen LogP contribution in [0.2, 0.25) is 0 Å². The van der Waals surface area contributed by atoms with Crippen LogP contribution in [0.25, 0.3) is 0 Å². The third kappa shape index (κ3) is 6.33. The number of phenols is 2. The number of aromatic hydroxyl groups is 2. The molecule has 33 heavy (non-hydrogen) atoms. The smallest absolute Gasteiger partial charge is 0.342 e. The summed E-state index contributed by atoms with van der Waals surface area (Å²) in [4.78, 5) is 12.6. The molecule has 0 spiro atoms. The number of aliphatic hydroxyl groups is 4. The van der Waals surface area contributed by atoms with Gasteiger partial charge in [0.2, 0.25) is 0 Å². The molecule has 0 saturated carbocycles. The maximum atomic E-state index is 12.6. The lowest BCUT2D eigenvalue weighted by atomic mass is 9.87. The van der Waals surface area contributed by atoms with Gasteiger partial charge in [-0.15, -0.1) is 0 Å². The summed E-state index contributed by atoms with van der Waals surface area (Å²) in [5.74, 6) is -1.94. The zero-order valence-electron chi connectivity index (χ0n) is 18.9. The zero-order chi connectivity index (χ0) is 24.5. The molecule has 2 rings (SSSR count). The van der Waals surface area contributed by atoms with Crippen LogP contribution in [-0.2, 0) is 15.9 Å². The molecule has 1 aliphatic rings. The summed E-state index contributed by atoms with van der Waals surface area (Å²) in [5, 5.41) is 61.5. The molecule has 1 fully saturated rings. The van der Waals surface area contributed by atoms with Crippen LogP contribution >= 0.6 is 0 Å². The van der Waals surface area contributed by atoms with Crippen molar-refractivity contribution in [1.29, 1.82) is 0 Å². The highest BCUT2D eigenvalue weighted by atomic mass is 16.5. The van der Waals surface area contributed by atoms with Crippen molar-refractivity contribution in [2.24, 2.45) is 0 Å². The molecule has 9 heteroatoms. The monoisotopic (exact) mass is 466 g/mol. The van der Waals surface area contributed by atoms with Crippen LogP contribution in [0, 0.1) is 0 Å². The van der Waals surface area contributed by atoms with Crippen LogP contribution in [0.3, 0.4) is 0 Å². The molecule has 1 aromatic rings. The van der Waals surface area contributed by atoms with Crippen LogP contribution < -0.4 is 0 Å². The Kier molecular flexibility index (Phi) is 10.3. The molecule has 1 aliphatic heterocycles. The number of carbonyl (C=O) groups is 1. The SMILES string of the molecule is CCC/C=C/C=C/CCc1cc(O)c([C@@H]2O[C@H](CO)[C@@H](O)[C@H](O)[C@H]2O)c(O)c1C(=O)OCC. The van der Waals surface area contributed by atoms with E-state index in [1.807, 2.05) is 24.3 Å². The number of unbranched alkanes of at least 4 members (excludes halogenated alkanes) is 1. The molecule has 6 N–H and O–H groups in total. The Hall–Kier alpha value is -2.43. The maximum absolute atomic E-state index is 12.6. The third-order valence-electron chi connectivity index (χ3n) is 5.48. The molecule has 5 atom stereocenters. The zero-order valence-corrected chi connectivity index (χ0v) is 18.9. The first kappa shape index (κ1) is 26.8. The van der Waals surface area contributed by atoms with Crippen LogP contribution in [0.1, 0.15) is 60.7 Å². The first-order chi connectivity index (χ1) is 15.8. The van der Waals surface area contributed by atoms with E-state index in [1.165, 1.54) is 6.07 Å². The fraction of sp³-hybridized carbons (Fsp3) is 0.542. The maximum Gasteiger partial charge on any atom is 0.342 e. The van der Waals surface area contributed by atoms with Gasteiger partial charge in [-0.25, -0.2) is 4.79 Å². The number of benzene rings is 1. The van der Waals surface area contributed by atoms with E-state index >= 15 is 0 Å². The third-order valence-corrected chi connectivity index (χ3v) is 5.48. The van der Waals surface area contributed by atoms with Crippen molar-refractivity contribution in [2.45, 2.75) is 70.1 Å². The Morgan fingerprint density at radius 2 is 1.73 bits per heavy atom. The van der Waals surface area contributed by atoms with E-state index in [4.69, 9.17) is 9.47 Å². The number of hydrogen-bond acceptors (Lipinski definition) is 9. The molecule has 9 nitrogen and oxygen atoms in total. The van der Waals surface area contributed by atoms with Gasteiger partial charge in [-0.05, 0) is 37.8 Å². The highest BCUT2D eigenvalue weighted by molar-refractivity contribution is 5.95. The largest absolute Gasteiger partial charge is 0.507 e. The Bertz CT molecular complexity index is 847. The number of ether oxygens (including phenoxy) is 2. The first-order valence-corrected chi connectivity index (χ1v) is 11.1. The average Bonchev–Trinajstić information content (AvgIpc) is 2.78. The lowest BCUT2D eigenvalue weighted by molar-refractivity contribution is -0.232. The summed E-state index contributed by atoms with van der Waals surface area (Å²) in [5.41, 5.74) is -0.188.